The molecule has 0 N–H and O–H groups in total. The number of likely N-dealkylation sites (tertiary alicyclic amines) is 1. The Balaban J connectivity index is 1.60. The fourth-order valence-electron chi connectivity index (χ4n) is 4.33. The number of amides is 1. The molecule has 3 aromatic rings. The molecule has 5 nitrogen and oxygen atoms in total. The maximum absolute atomic E-state index is 13.3. The van der Waals surface area contributed by atoms with Crippen LogP contribution in [-0.4, -0.2) is 43.1 Å². The number of benzene rings is 2. The number of rotatable bonds is 5. The SMILES string of the molecule is COc1cccc(C(=O)N2CCC[C@@H](c3cc(-c4ccccc4)cc(C)n3)C2)c1OC. The molecule has 0 bridgehead atoms. The normalized spacial score (nSPS) is 16.1. The first-order chi connectivity index (χ1) is 15.1. The van der Waals surface area contributed by atoms with E-state index in [0.717, 1.165) is 30.8 Å². The van der Waals surface area contributed by atoms with Crippen LogP contribution in [0, 0.1) is 6.92 Å². The van der Waals surface area contributed by atoms with Gasteiger partial charge in [0.15, 0.2) is 11.5 Å². The summed E-state index contributed by atoms with van der Waals surface area (Å²) >= 11 is 0. The zero-order valence-corrected chi connectivity index (χ0v) is 18.3. The number of piperidine rings is 1. The van der Waals surface area contributed by atoms with Gasteiger partial charge >= 0.3 is 0 Å². The summed E-state index contributed by atoms with van der Waals surface area (Å²) in [5.41, 5.74) is 4.92. The van der Waals surface area contributed by atoms with Crippen molar-refractivity contribution in [3.05, 3.63) is 77.6 Å². The van der Waals surface area contributed by atoms with Gasteiger partial charge in [0.2, 0.25) is 0 Å². The van der Waals surface area contributed by atoms with Crippen molar-refractivity contribution in [2.75, 3.05) is 27.3 Å². The third-order valence-corrected chi connectivity index (χ3v) is 5.84. The average Bonchev–Trinajstić information content (AvgIpc) is 2.83. The van der Waals surface area contributed by atoms with Gasteiger partial charge in [-0.3, -0.25) is 9.78 Å². The number of methoxy groups -OCH3 is 2. The summed E-state index contributed by atoms with van der Waals surface area (Å²) in [7, 11) is 3.15. The van der Waals surface area contributed by atoms with Gasteiger partial charge in [0, 0.05) is 30.4 Å². The molecule has 1 amide bonds. The molecule has 160 valence electrons. The standard InChI is InChI=1S/C26H28N2O3/c1-18-15-21(19-9-5-4-6-10-19)16-23(27-18)20-11-8-14-28(17-20)26(29)22-12-7-13-24(30-2)25(22)31-3/h4-7,9-10,12-13,15-16,20H,8,11,14,17H2,1-3H3/t20-/m1/s1. The van der Waals surface area contributed by atoms with E-state index in [0.29, 0.717) is 23.6 Å². The van der Waals surface area contributed by atoms with Crippen LogP contribution in [0.15, 0.2) is 60.7 Å². The van der Waals surface area contributed by atoms with Crippen molar-refractivity contribution in [1.82, 2.24) is 9.88 Å². The Hall–Kier alpha value is -3.34. The molecule has 31 heavy (non-hydrogen) atoms. The molecule has 0 aliphatic carbocycles. The number of carbonyl (C=O) groups excluding carboxylic acids is 1. The summed E-state index contributed by atoms with van der Waals surface area (Å²) in [6.07, 6.45) is 1.96. The predicted molar refractivity (Wildman–Crippen MR) is 122 cm³/mol. The van der Waals surface area contributed by atoms with E-state index in [1.54, 1.807) is 26.4 Å². The fraction of sp³-hybridized carbons (Fsp3) is 0.308. The number of hydrogen-bond acceptors (Lipinski definition) is 4. The van der Waals surface area contributed by atoms with Crippen LogP contribution in [0.25, 0.3) is 11.1 Å². The van der Waals surface area contributed by atoms with Crippen LogP contribution in [0.2, 0.25) is 0 Å². The van der Waals surface area contributed by atoms with Gasteiger partial charge in [-0.05, 0) is 55.2 Å². The molecule has 1 atom stereocenters. The van der Waals surface area contributed by atoms with E-state index >= 15 is 0 Å². The lowest BCUT2D eigenvalue weighted by Crippen LogP contribution is -2.39. The lowest BCUT2D eigenvalue weighted by Gasteiger charge is -2.33. The third kappa shape index (κ3) is 4.41. The topological polar surface area (TPSA) is 51.7 Å². The van der Waals surface area contributed by atoms with Gasteiger partial charge < -0.3 is 14.4 Å². The number of aryl methyl sites for hydroxylation is 1. The summed E-state index contributed by atoms with van der Waals surface area (Å²) in [6.45, 7) is 3.40. The molecule has 2 aromatic carbocycles. The molecule has 1 aliphatic heterocycles. The second-order valence-corrected chi connectivity index (χ2v) is 7.92. The Kier molecular flexibility index (Phi) is 6.21. The van der Waals surface area contributed by atoms with Gasteiger partial charge in [-0.2, -0.15) is 0 Å². The molecule has 1 aromatic heterocycles. The highest BCUT2D eigenvalue weighted by atomic mass is 16.5. The molecular weight excluding hydrogens is 388 g/mol. The summed E-state index contributed by atoms with van der Waals surface area (Å²) < 4.78 is 10.9. The van der Waals surface area contributed by atoms with Crippen molar-refractivity contribution in [1.29, 1.82) is 0 Å². The van der Waals surface area contributed by atoms with Gasteiger partial charge in [-0.25, -0.2) is 0 Å². The van der Waals surface area contributed by atoms with Crippen molar-refractivity contribution in [2.45, 2.75) is 25.7 Å². The summed E-state index contributed by atoms with van der Waals surface area (Å²) in [5.74, 6) is 1.22. The first-order valence-electron chi connectivity index (χ1n) is 10.6. The lowest BCUT2D eigenvalue weighted by molar-refractivity contribution is 0.0702. The van der Waals surface area contributed by atoms with Crippen LogP contribution in [0.1, 0.15) is 40.5 Å². The van der Waals surface area contributed by atoms with Gasteiger partial charge in [0.25, 0.3) is 5.91 Å². The van der Waals surface area contributed by atoms with Crippen molar-refractivity contribution < 1.29 is 14.3 Å². The van der Waals surface area contributed by atoms with Crippen molar-refractivity contribution >= 4 is 5.91 Å². The molecule has 0 radical (unpaired) electrons. The number of para-hydroxylation sites is 1. The molecule has 1 saturated heterocycles. The second-order valence-electron chi connectivity index (χ2n) is 7.92. The van der Waals surface area contributed by atoms with Gasteiger partial charge in [0.05, 0.1) is 19.8 Å². The Morgan fingerprint density at radius 3 is 2.55 bits per heavy atom. The predicted octanol–water partition coefficient (Wildman–Crippen LogP) is 5.09. The van der Waals surface area contributed by atoms with Crippen LogP contribution >= 0.6 is 0 Å². The molecule has 5 heteroatoms. The summed E-state index contributed by atoms with van der Waals surface area (Å²) in [5, 5.41) is 0. The summed E-state index contributed by atoms with van der Waals surface area (Å²) in [6, 6.07) is 20.1. The van der Waals surface area contributed by atoms with E-state index in [9.17, 15) is 4.79 Å². The average molecular weight is 417 g/mol. The number of pyridine rings is 1. The molecule has 0 saturated carbocycles. The van der Waals surface area contributed by atoms with E-state index in [-0.39, 0.29) is 11.8 Å². The van der Waals surface area contributed by atoms with Crippen LogP contribution in [0.3, 0.4) is 0 Å². The number of hydrogen-bond donors (Lipinski definition) is 0. The Bertz CT molecular complexity index is 1070. The van der Waals surface area contributed by atoms with Crippen LogP contribution in [0.5, 0.6) is 11.5 Å². The van der Waals surface area contributed by atoms with Gasteiger partial charge in [-0.15, -0.1) is 0 Å². The Morgan fingerprint density at radius 1 is 1.00 bits per heavy atom. The quantitative estimate of drug-likeness (QED) is 0.581. The van der Waals surface area contributed by atoms with E-state index in [1.165, 1.54) is 11.1 Å². The van der Waals surface area contributed by atoms with E-state index in [1.807, 2.05) is 36.1 Å². The molecule has 4 rings (SSSR count). The number of aromatic nitrogens is 1. The van der Waals surface area contributed by atoms with Crippen molar-refractivity contribution in [2.24, 2.45) is 0 Å². The molecule has 2 heterocycles. The number of carbonyl (C=O) groups is 1. The molecule has 1 fully saturated rings. The maximum Gasteiger partial charge on any atom is 0.257 e. The van der Waals surface area contributed by atoms with Gasteiger partial charge in [0.1, 0.15) is 0 Å². The van der Waals surface area contributed by atoms with Crippen LogP contribution < -0.4 is 9.47 Å². The molecule has 0 unspecified atom stereocenters. The second kappa shape index (κ2) is 9.21. The monoisotopic (exact) mass is 416 g/mol. The molecule has 1 aliphatic rings. The van der Waals surface area contributed by atoms with E-state index < -0.39 is 0 Å². The van der Waals surface area contributed by atoms with E-state index in [4.69, 9.17) is 14.5 Å². The Labute approximate surface area is 183 Å². The minimum Gasteiger partial charge on any atom is -0.493 e. The maximum atomic E-state index is 13.3. The zero-order chi connectivity index (χ0) is 21.8. The number of ether oxygens (including phenoxy) is 2. The van der Waals surface area contributed by atoms with Gasteiger partial charge in [-0.1, -0.05) is 36.4 Å². The third-order valence-electron chi connectivity index (χ3n) is 5.84. The smallest absolute Gasteiger partial charge is 0.257 e. The minimum atomic E-state index is -0.0311. The highest BCUT2D eigenvalue weighted by Crippen LogP contribution is 2.34. The fourth-order valence-corrected chi connectivity index (χ4v) is 4.33. The molecule has 0 spiro atoms. The number of nitrogens with zero attached hydrogens (tertiary/aromatic N) is 2. The van der Waals surface area contributed by atoms with Crippen LogP contribution in [0.4, 0.5) is 0 Å². The first kappa shape index (κ1) is 20.9. The largest absolute Gasteiger partial charge is 0.493 e. The van der Waals surface area contributed by atoms with Crippen molar-refractivity contribution in [3.63, 3.8) is 0 Å². The van der Waals surface area contributed by atoms with E-state index in [2.05, 4.69) is 24.3 Å². The minimum absolute atomic E-state index is 0.0311. The van der Waals surface area contributed by atoms with Crippen LogP contribution in [-0.2, 0) is 0 Å². The van der Waals surface area contributed by atoms with Crippen molar-refractivity contribution in [3.8, 4) is 22.6 Å². The zero-order valence-electron chi connectivity index (χ0n) is 18.3. The Morgan fingerprint density at radius 2 is 1.81 bits per heavy atom. The highest BCUT2D eigenvalue weighted by Gasteiger charge is 2.29. The highest BCUT2D eigenvalue weighted by molar-refractivity contribution is 5.98. The lowest BCUT2D eigenvalue weighted by atomic mass is 9.91. The summed E-state index contributed by atoms with van der Waals surface area (Å²) in [4.78, 5) is 20.1. The first-order valence-corrected chi connectivity index (χ1v) is 10.6. The molecular formula is C26H28N2O3.